The number of para-hydroxylation sites is 1. The van der Waals surface area contributed by atoms with Crippen LogP contribution in [0.25, 0.3) is 11.3 Å². The summed E-state index contributed by atoms with van der Waals surface area (Å²) in [5, 5.41) is 7.42. The number of nitrogens with zero attached hydrogens (tertiary/aromatic N) is 2. The molecule has 0 spiro atoms. The molecule has 2 amide bonds. The number of amides is 2. The lowest BCUT2D eigenvalue weighted by molar-refractivity contribution is -0.128. The molecule has 1 aromatic heterocycles. The number of halogens is 1. The van der Waals surface area contributed by atoms with Gasteiger partial charge in [0, 0.05) is 24.6 Å². The summed E-state index contributed by atoms with van der Waals surface area (Å²) in [5.41, 5.74) is 14.2. The number of carbonyl (C=O) groups excluding carboxylic acids is 2. The Morgan fingerprint density at radius 3 is 2.67 bits per heavy atom. The maximum atomic E-state index is 14.9. The monoisotopic (exact) mass is 493 g/mol. The van der Waals surface area contributed by atoms with E-state index in [0.29, 0.717) is 42.2 Å². The van der Waals surface area contributed by atoms with E-state index < -0.39 is 18.1 Å². The molecule has 1 saturated carbocycles. The van der Waals surface area contributed by atoms with E-state index in [9.17, 15) is 14.0 Å². The van der Waals surface area contributed by atoms with Gasteiger partial charge in [-0.2, -0.15) is 5.10 Å². The van der Waals surface area contributed by atoms with E-state index in [1.807, 2.05) is 12.1 Å². The number of benzene rings is 2. The molecule has 1 aliphatic carbocycles. The summed E-state index contributed by atoms with van der Waals surface area (Å²) in [6.07, 6.45) is -0.439. The van der Waals surface area contributed by atoms with Crippen molar-refractivity contribution in [3.63, 3.8) is 0 Å². The number of hydrogen-bond donors (Lipinski definition) is 3. The predicted octanol–water partition coefficient (Wildman–Crippen LogP) is 2.72. The summed E-state index contributed by atoms with van der Waals surface area (Å²) in [7, 11) is 1.51. The van der Waals surface area contributed by atoms with Crippen molar-refractivity contribution in [3.8, 4) is 17.0 Å². The summed E-state index contributed by atoms with van der Waals surface area (Å²) in [6, 6.07) is 13.6. The first-order valence-electron chi connectivity index (χ1n) is 11.8. The highest BCUT2D eigenvalue weighted by Gasteiger charge is 2.54. The highest BCUT2D eigenvalue weighted by Crippen LogP contribution is 2.51. The van der Waals surface area contributed by atoms with Gasteiger partial charge in [-0.15, -0.1) is 0 Å². The van der Waals surface area contributed by atoms with Crippen molar-refractivity contribution in [2.24, 2.45) is 17.6 Å². The van der Waals surface area contributed by atoms with E-state index in [4.69, 9.17) is 20.9 Å². The highest BCUT2D eigenvalue weighted by atomic mass is 19.1. The number of nitrogen functional groups attached to an aromatic ring is 1. The van der Waals surface area contributed by atoms with Crippen LogP contribution >= 0.6 is 0 Å². The van der Waals surface area contributed by atoms with Crippen molar-refractivity contribution in [1.82, 2.24) is 15.1 Å². The van der Waals surface area contributed by atoms with Crippen LogP contribution in [-0.2, 0) is 11.3 Å². The molecule has 2 heterocycles. The molecule has 3 aromatic rings. The molecule has 4 atom stereocenters. The summed E-state index contributed by atoms with van der Waals surface area (Å²) in [6.45, 7) is 1.23. The summed E-state index contributed by atoms with van der Waals surface area (Å²) in [4.78, 5) is 24.8. The Balaban J connectivity index is 1.35. The van der Waals surface area contributed by atoms with Crippen LogP contribution in [0.15, 0.2) is 48.5 Å². The van der Waals surface area contributed by atoms with Gasteiger partial charge in [-0.3, -0.25) is 9.59 Å². The van der Waals surface area contributed by atoms with Crippen LogP contribution in [0.3, 0.4) is 0 Å². The Morgan fingerprint density at radius 1 is 1.19 bits per heavy atom. The minimum atomic E-state index is -1.15. The SMILES string of the molecule is COc1ccccc1C(=O)NCc1ccc(-c2nn(C3C(F)[C@H]4COCCC34)c(N)c2C(N)=O)cc1. The quantitative estimate of drug-likeness (QED) is 0.463. The van der Waals surface area contributed by atoms with E-state index >= 15 is 0 Å². The Bertz CT molecular complexity index is 1290. The number of nitrogens with one attached hydrogen (secondary N) is 1. The maximum Gasteiger partial charge on any atom is 0.255 e. The normalized spacial score (nSPS) is 22.8. The molecule has 10 heteroatoms. The summed E-state index contributed by atoms with van der Waals surface area (Å²) in [5.74, 6) is -0.543. The van der Waals surface area contributed by atoms with Crippen LogP contribution in [0.2, 0.25) is 0 Å². The minimum Gasteiger partial charge on any atom is -0.496 e. The first-order valence-corrected chi connectivity index (χ1v) is 11.8. The van der Waals surface area contributed by atoms with Crippen molar-refractivity contribution in [2.75, 3.05) is 26.1 Å². The Morgan fingerprint density at radius 2 is 1.94 bits per heavy atom. The van der Waals surface area contributed by atoms with Crippen LogP contribution < -0.4 is 21.5 Å². The fraction of sp³-hybridized carbons (Fsp3) is 0.346. The average Bonchev–Trinajstić information content (AvgIpc) is 3.23. The molecule has 36 heavy (non-hydrogen) atoms. The van der Waals surface area contributed by atoms with E-state index in [2.05, 4.69) is 10.4 Å². The van der Waals surface area contributed by atoms with Gasteiger partial charge in [-0.05, 0) is 30.0 Å². The Kier molecular flexibility index (Phi) is 6.36. The lowest BCUT2D eigenvalue weighted by Gasteiger charge is -2.50. The maximum absolute atomic E-state index is 14.9. The number of ether oxygens (including phenoxy) is 2. The standard InChI is InChI=1S/C26H28FN5O4/c1-35-19-5-3-2-4-17(19)26(34)30-12-14-6-8-15(9-7-14)22-20(25(29)33)24(28)32(31-22)23-16-10-11-36-13-18(16)21(23)27/h2-9,16,18,21,23H,10-13,28H2,1H3,(H2,29,33)(H,30,34)/t16?,18-,21?,23?/m0/s1. The van der Waals surface area contributed by atoms with Crippen LogP contribution in [0.4, 0.5) is 10.2 Å². The molecule has 0 bridgehead atoms. The van der Waals surface area contributed by atoms with E-state index in [1.165, 1.54) is 11.8 Å². The van der Waals surface area contributed by atoms with Crippen LogP contribution in [-0.4, -0.2) is 48.1 Å². The van der Waals surface area contributed by atoms with Gasteiger partial charge in [-0.25, -0.2) is 9.07 Å². The average molecular weight is 494 g/mol. The molecule has 5 N–H and O–H groups in total. The third-order valence-electron chi connectivity index (χ3n) is 7.14. The van der Waals surface area contributed by atoms with Crippen molar-refractivity contribution in [2.45, 2.75) is 25.2 Å². The number of alkyl halides is 1. The van der Waals surface area contributed by atoms with Gasteiger partial charge in [0.15, 0.2) is 0 Å². The second-order valence-corrected chi connectivity index (χ2v) is 9.12. The van der Waals surface area contributed by atoms with Crippen molar-refractivity contribution in [1.29, 1.82) is 0 Å². The number of methoxy groups -OCH3 is 1. The fourth-order valence-electron chi connectivity index (χ4n) is 5.20. The molecular weight excluding hydrogens is 465 g/mol. The minimum absolute atomic E-state index is 0.0544. The number of rotatable bonds is 7. The molecule has 1 aliphatic heterocycles. The first kappa shape index (κ1) is 23.8. The number of anilines is 1. The largest absolute Gasteiger partial charge is 0.496 e. The van der Waals surface area contributed by atoms with Gasteiger partial charge >= 0.3 is 0 Å². The van der Waals surface area contributed by atoms with Gasteiger partial charge in [0.25, 0.3) is 11.8 Å². The Labute approximate surface area is 207 Å². The molecule has 9 nitrogen and oxygen atoms in total. The van der Waals surface area contributed by atoms with Crippen molar-refractivity contribution in [3.05, 3.63) is 65.2 Å². The molecule has 2 fully saturated rings. The number of nitrogens with two attached hydrogens (primary N) is 2. The number of aromatic nitrogens is 2. The van der Waals surface area contributed by atoms with E-state index in [0.717, 1.165) is 5.56 Å². The zero-order valence-electron chi connectivity index (χ0n) is 19.8. The highest BCUT2D eigenvalue weighted by molar-refractivity contribution is 6.03. The van der Waals surface area contributed by atoms with Crippen molar-refractivity contribution >= 4 is 17.6 Å². The zero-order valence-corrected chi connectivity index (χ0v) is 19.8. The van der Waals surface area contributed by atoms with Crippen molar-refractivity contribution < 1.29 is 23.5 Å². The molecule has 5 rings (SSSR count). The van der Waals surface area contributed by atoms with Crippen LogP contribution in [0.5, 0.6) is 5.75 Å². The Hall–Kier alpha value is -3.92. The second-order valence-electron chi connectivity index (χ2n) is 9.12. The molecule has 2 aliphatic rings. The van der Waals surface area contributed by atoms with Gasteiger partial charge < -0.3 is 26.3 Å². The number of hydrogen-bond acceptors (Lipinski definition) is 6. The van der Waals surface area contributed by atoms with E-state index in [1.54, 1.807) is 36.4 Å². The fourth-order valence-corrected chi connectivity index (χ4v) is 5.20. The third-order valence-corrected chi connectivity index (χ3v) is 7.14. The number of carbonyl (C=O) groups is 2. The molecular formula is C26H28FN5O4. The summed E-state index contributed by atoms with van der Waals surface area (Å²) < 4.78 is 27.0. The van der Waals surface area contributed by atoms with Gasteiger partial charge in [0.1, 0.15) is 29.0 Å². The molecule has 2 aromatic carbocycles. The van der Waals surface area contributed by atoms with Crippen LogP contribution in [0, 0.1) is 11.8 Å². The smallest absolute Gasteiger partial charge is 0.255 e. The molecule has 0 radical (unpaired) electrons. The van der Waals surface area contributed by atoms with E-state index in [-0.39, 0.29) is 35.7 Å². The third kappa shape index (κ3) is 4.07. The molecule has 188 valence electrons. The second kappa shape index (κ2) is 9.62. The molecule has 3 unspecified atom stereocenters. The predicted molar refractivity (Wildman–Crippen MR) is 131 cm³/mol. The van der Waals surface area contributed by atoms with Gasteiger partial charge in [-0.1, -0.05) is 36.4 Å². The number of fused-ring (bicyclic) bond motifs is 1. The topological polar surface area (TPSA) is 134 Å². The molecule has 1 saturated heterocycles. The summed E-state index contributed by atoms with van der Waals surface area (Å²) >= 11 is 0. The van der Waals surface area contributed by atoms with Gasteiger partial charge in [0.05, 0.1) is 25.3 Å². The van der Waals surface area contributed by atoms with Gasteiger partial charge in [0.2, 0.25) is 0 Å². The lowest BCUT2D eigenvalue weighted by atomic mass is 9.65. The first-order chi connectivity index (χ1) is 17.4. The zero-order chi connectivity index (χ0) is 25.4. The number of primary amides is 1. The van der Waals surface area contributed by atoms with Crippen LogP contribution in [0.1, 0.15) is 38.7 Å². The lowest BCUT2D eigenvalue weighted by Crippen LogP contribution is -2.54.